The fraction of sp³-hybridized carbons (Fsp3) is 0.667. The molecule has 20 heavy (non-hydrogen) atoms. The first-order chi connectivity index (χ1) is 9.88. The van der Waals surface area contributed by atoms with Crippen LogP contribution >= 0.6 is 0 Å². The lowest BCUT2D eigenvalue weighted by atomic mass is 9.82. The normalized spacial score (nSPS) is 25.1. The van der Waals surface area contributed by atoms with Crippen LogP contribution in [0.4, 0.5) is 0 Å². The number of rotatable bonds is 4. The molecule has 1 heterocycles. The van der Waals surface area contributed by atoms with Gasteiger partial charge in [0.05, 0.1) is 12.7 Å². The van der Waals surface area contributed by atoms with Crippen LogP contribution in [0.15, 0.2) is 24.3 Å². The van der Waals surface area contributed by atoms with Gasteiger partial charge in [-0.3, -0.25) is 0 Å². The first kappa shape index (κ1) is 14.1. The van der Waals surface area contributed by atoms with Crippen molar-refractivity contribution in [1.29, 1.82) is 0 Å². The minimum absolute atomic E-state index is 0.242. The van der Waals surface area contributed by atoms with Gasteiger partial charge in [0.25, 0.3) is 0 Å². The molecule has 0 saturated heterocycles. The van der Waals surface area contributed by atoms with E-state index < -0.39 is 0 Å². The quantitative estimate of drug-likeness (QED) is 0.899. The van der Waals surface area contributed by atoms with Crippen LogP contribution in [0.1, 0.15) is 55.8 Å². The summed E-state index contributed by atoms with van der Waals surface area (Å²) in [4.78, 5) is 0. The zero-order valence-corrected chi connectivity index (χ0v) is 12.6. The van der Waals surface area contributed by atoms with Crippen molar-refractivity contribution in [1.82, 2.24) is 5.32 Å². The number of likely N-dealkylation sites (N-methyl/N-ethyl adjacent to an activating group) is 1. The fourth-order valence-electron chi connectivity index (χ4n) is 3.93. The molecule has 2 aliphatic rings. The van der Waals surface area contributed by atoms with Gasteiger partial charge in [0.2, 0.25) is 0 Å². The lowest BCUT2D eigenvalue weighted by molar-refractivity contribution is 0.00971. The van der Waals surface area contributed by atoms with Gasteiger partial charge in [-0.1, -0.05) is 56.4 Å². The Morgan fingerprint density at radius 3 is 2.80 bits per heavy atom. The van der Waals surface area contributed by atoms with E-state index in [1.54, 1.807) is 0 Å². The van der Waals surface area contributed by atoms with Crippen molar-refractivity contribution in [3.63, 3.8) is 0 Å². The van der Waals surface area contributed by atoms with E-state index in [4.69, 9.17) is 4.74 Å². The molecule has 2 nitrogen and oxygen atoms in total. The van der Waals surface area contributed by atoms with Crippen molar-refractivity contribution in [3.8, 4) is 0 Å². The molecule has 2 atom stereocenters. The molecule has 1 fully saturated rings. The minimum Gasteiger partial charge on any atom is -0.372 e. The van der Waals surface area contributed by atoms with E-state index in [9.17, 15) is 0 Å². The highest BCUT2D eigenvalue weighted by Crippen LogP contribution is 2.35. The lowest BCUT2D eigenvalue weighted by Gasteiger charge is -2.35. The molecule has 0 amide bonds. The third-order valence-corrected chi connectivity index (χ3v) is 5.08. The molecule has 2 heteroatoms. The Bertz CT molecular complexity index is 425. The van der Waals surface area contributed by atoms with Gasteiger partial charge in [-0.2, -0.15) is 0 Å². The van der Waals surface area contributed by atoms with Crippen LogP contribution < -0.4 is 5.32 Å². The van der Waals surface area contributed by atoms with Crippen LogP contribution in [0, 0.1) is 5.92 Å². The highest BCUT2D eigenvalue weighted by atomic mass is 16.5. The molecule has 2 unspecified atom stereocenters. The molecule has 0 bridgehead atoms. The molecule has 1 aliphatic carbocycles. The van der Waals surface area contributed by atoms with Crippen LogP contribution in [0.5, 0.6) is 0 Å². The van der Waals surface area contributed by atoms with Crippen LogP contribution in [-0.4, -0.2) is 19.7 Å². The van der Waals surface area contributed by atoms with Crippen LogP contribution in [-0.2, 0) is 11.2 Å². The average Bonchev–Trinajstić information content (AvgIpc) is 2.53. The number of ether oxygens (including phenoxy) is 1. The topological polar surface area (TPSA) is 21.3 Å². The second kappa shape index (κ2) is 6.73. The molecule has 1 aromatic rings. The lowest BCUT2D eigenvalue weighted by Crippen LogP contribution is -2.38. The summed E-state index contributed by atoms with van der Waals surface area (Å²) in [5.41, 5.74) is 2.89. The monoisotopic (exact) mass is 273 g/mol. The van der Waals surface area contributed by atoms with E-state index in [1.165, 1.54) is 49.7 Å². The molecule has 1 N–H and O–H groups in total. The van der Waals surface area contributed by atoms with Gasteiger partial charge in [0, 0.05) is 6.04 Å². The number of hydrogen-bond donors (Lipinski definition) is 1. The van der Waals surface area contributed by atoms with E-state index in [-0.39, 0.29) is 6.10 Å². The molecule has 3 rings (SSSR count). The van der Waals surface area contributed by atoms with Gasteiger partial charge < -0.3 is 10.1 Å². The first-order valence-corrected chi connectivity index (χ1v) is 8.25. The predicted molar refractivity (Wildman–Crippen MR) is 82.9 cm³/mol. The molecule has 0 aromatic heterocycles. The number of benzene rings is 1. The molecule has 0 radical (unpaired) electrons. The number of hydrogen-bond acceptors (Lipinski definition) is 2. The zero-order chi connectivity index (χ0) is 13.8. The van der Waals surface area contributed by atoms with E-state index in [1.807, 2.05) is 0 Å². The van der Waals surface area contributed by atoms with Gasteiger partial charge in [-0.15, -0.1) is 0 Å². The van der Waals surface area contributed by atoms with Gasteiger partial charge in [-0.25, -0.2) is 0 Å². The van der Waals surface area contributed by atoms with E-state index in [0.717, 1.165) is 18.9 Å². The minimum atomic E-state index is 0.242. The number of nitrogens with one attached hydrogen (secondary N) is 1. The van der Waals surface area contributed by atoms with Crippen molar-refractivity contribution in [2.75, 3.05) is 13.7 Å². The van der Waals surface area contributed by atoms with Gasteiger partial charge >= 0.3 is 0 Å². The Morgan fingerprint density at radius 2 is 2.00 bits per heavy atom. The predicted octanol–water partition coefficient (Wildman–Crippen LogP) is 3.86. The summed E-state index contributed by atoms with van der Waals surface area (Å²) < 4.78 is 6.14. The largest absolute Gasteiger partial charge is 0.372 e. The standard InChI is InChI=1S/C18H27NO/c1-19-17(13-14-7-3-2-4-8-14)18-16-10-6-5-9-15(16)11-12-20-18/h5-6,9-10,14,17-19H,2-4,7-8,11-13H2,1H3. The van der Waals surface area contributed by atoms with Crippen molar-refractivity contribution < 1.29 is 4.74 Å². The summed E-state index contributed by atoms with van der Waals surface area (Å²) in [7, 11) is 2.09. The summed E-state index contributed by atoms with van der Waals surface area (Å²) in [5.74, 6) is 0.888. The third-order valence-electron chi connectivity index (χ3n) is 5.08. The molecular formula is C18H27NO. The van der Waals surface area contributed by atoms with E-state index >= 15 is 0 Å². The smallest absolute Gasteiger partial charge is 0.0980 e. The van der Waals surface area contributed by atoms with Crippen LogP contribution in [0.25, 0.3) is 0 Å². The Balaban J connectivity index is 1.72. The Kier molecular flexibility index (Phi) is 4.74. The maximum Gasteiger partial charge on any atom is 0.0980 e. The average molecular weight is 273 g/mol. The second-order valence-electron chi connectivity index (χ2n) is 6.38. The molecule has 1 aliphatic heterocycles. The summed E-state index contributed by atoms with van der Waals surface area (Å²) in [6.45, 7) is 0.866. The summed E-state index contributed by atoms with van der Waals surface area (Å²) in [6, 6.07) is 9.27. The molecule has 1 aromatic carbocycles. The van der Waals surface area contributed by atoms with Crippen molar-refractivity contribution in [2.24, 2.45) is 5.92 Å². The maximum atomic E-state index is 6.14. The van der Waals surface area contributed by atoms with Crippen LogP contribution in [0.2, 0.25) is 0 Å². The second-order valence-corrected chi connectivity index (χ2v) is 6.38. The Labute approximate surface area is 122 Å². The summed E-state index contributed by atoms with van der Waals surface area (Å²) in [5, 5.41) is 3.53. The third kappa shape index (κ3) is 3.07. The SMILES string of the molecule is CNC(CC1CCCCC1)C1OCCc2ccccc21. The number of fused-ring (bicyclic) bond motifs is 1. The Hall–Kier alpha value is -0.860. The molecule has 1 saturated carbocycles. The van der Waals surface area contributed by atoms with E-state index in [0.29, 0.717) is 6.04 Å². The van der Waals surface area contributed by atoms with Gasteiger partial charge in [-0.05, 0) is 36.9 Å². The van der Waals surface area contributed by atoms with E-state index in [2.05, 4.69) is 36.6 Å². The summed E-state index contributed by atoms with van der Waals surface area (Å²) >= 11 is 0. The van der Waals surface area contributed by atoms with Gasteiger partial charge in [0.1, 0.15) is 0 Å². The fourth-order valence-corrected chi connectivity index (χ4v) is 3.93. The van der Waals surface area contributed by atoms with Crippen molar-refractivity contribution in [2.45, 2.75) is 57.1 Å². The molecule has 0 spiro atoms. The summed E-state index contributed by atoms with van der Waals surface area (Å²) in [6.07, 6.45) is 9.66. The maximum absolute atomic E-state index is 6.14. The highest BCUT2D eigenvalue weighted by Gasteiger charge is 2.30. The van der Waals surface area contributed by atoms with Crippen molar-refractivity contribution in [3.05, 3.63) is 35.4 Å². The molecule has 110 valence electrons. The molecular weight excluding hydrogens is 246 g/mol. The van der Waals surface area contributed by atoms with Crippen molar-refractivity contribution >= 4 is 0 Å². The van der Waals surface area contributed by atoms with Crippen LogP contribution in [0.3, 0.4) is 0 Å². The zero-order valence-electron chi connectivity index (χ0n) is 12.6. The first-order valence-electron chi connectivity index (χ1n) is 8.25. The van der Waals surface area contributed by atoms with Gasteiger partial charge in [0.15, 0.2) is 0 Å². The Morgan fingerprint density at radius 1 is 1.20 bits per heavy atom. The highest BCUT2D eigenvalue weighted by molar-refractivity contribution is 5.32.